The van der Waals surface area contributed by atoms with E-state index in [1.165, 1.54) is 11.8 Å². The van der Waals surface area contributed by atoms with Crippen molar-refractivity contribution in [2.45, 2.75) is 36.6 Å². The summed E-state index contributed by atoms with van der Waals surface area (Å²) in [6.07, 6.45) is 3.74. The highest BCUT2D eigenvalue weighted by Gasteiger charge is 2.23. The lowest BCUT2D eigenvalue weighted by molar-refractivity contribution is -0.113. The third kappa shape index (κ3) is 3.44. The van der Waals surface area contributed by atoms with Gasteiger partial charge in [0.05, 0.1) is 11.4 Å². The number of carbonyl (C=O) groups excluding carboxylic acids is 2. The number of aliphatic hydroxyl groups excluding tert-OH is 1. The van der Waals surface area contributed by atoms with E-state index in [0.29, 0.717) is 17.2 Å². The van der Waals surface area contributed by atoms with Gasteiger partial charge in [0.1, 0.15) is 0 Å². The maximum atomic E-state index is 12.4. The first-order chi connectivity index (χ1) is 10.7. The zero-order chi connectivity index (χ0) is 15.5. The average molecular weight is 320 g/mol. The van der Waals surface area contributed by atoms with Crippen molar-refractivity contribution in [1.82, 2.24) is 5.32 Å². The van der Waals surface area contributed by atoms with Crippen LogP contribution >= 0.6 is 11.8 Å². The molecule has 0 aromatic heterocycles. The van der Waals surface area contributed by atoms with Crippen LogP contribution in [0.25, 0.3) is 0 Å². The molecule has 0 spiro atoms. The van der Waals surface area contributed by atoms with Crippen LogP contribution in [-0.4, -0.2) is 35.3 Å². The molecule has 3 rings (SSSR count). The molecule has 0 unspecified atom stereocenters. The van der Waals surface area contributed by atoms with E-state index in [1.54, 1.807) is 12.1 Å². The highest BCUT2D eigenvalue weighted by Crippen LogP contribution is 2.32. The maximum Gasteiger partial charge on any atom is 0.251 e. The predicted molar refractivity (Wildman–Crippen MR) is 86.1 cm³/mol. The summed E-state index contributed by atoms with van der Waals surface area (Å²) in [5, 5.41) is 15.0. The van der Waals surface area contributed by atoms with Gasteiger partial charge >= 0.3 is 0 Å². The quantitative estimate of drug-likeness (QED) is 0.796. The maximum absolute atomic E-state index is 12.4. The molecule has 1 heterocycles. The SMILES string of the molecule is O=C1CSc2ccc(C(=O)N[C@H]3CC[C@H](CO)CC3)cc2N1. The Morgan fingerprint density at radius 1 is 1.32 bits per heavy atom. The van der Waals surface area contributed by atoms with Gasteiger partial charge in [-0.3, -0.25) is 9.59 Å². The van der Waals surface area contributed by atoms with Gasteiger partial charge in [0.25, 0.3) is 5.91 Å². The molecule has 22 heavy (non-hydrogen) atoms. The van der Waals surface area contributed by atoms with E-state index in [-0.39, 0.29) is 24.5 Å². The molecule has 1 aliphatic carbocycles. The van der Waals surface area contributed by atoms with Gasteiger partial charge in [-0.25, -0.2) is 0 Å². The second-order valence-electron chi connectivity index (χ2n) is 5.92. The lowest BCUT2D eigenvalue weighted by Crippen LogP contribution is -2.38. The lowest BCUT2D eigenvalue weighted by atomic mass is 9.86. The van der Waals surface area contributed by atoms with Crippen LogP contribution in [0.1, 0.15) is 36.0 Å². The first kappa shape index (κ1) is 15.4. The van der Waals surface area contributed by atoms with E-state index < -0.39 is 0 Å². The molecular formula is C16H20N2O3S. The van der Waals surface area contributed by atoms with Crippen molar-refractivity contribution in [2.75, 3.05) is 17.7 Å². The van der Waals surface area contributed by atoms with Crippen LogP contribution in [0.15, 0.2) is 23.1 Å². The van der Waals surface area contributed by atoms with Crippen LogP contribution in [0.2, 0.25) is 0 Å². The second-order valence-corrected chi connectivity index (χ2v) is 6.94. The Morgan fingerprint density at radius 2 is 2.09 bits per heavy atom. The Hall–Kier alpha value is -1.53. The van der Waals surface area contributed by atoms with Gasteiger partial charge in [0.15, 0.2) is 0 Å². The van der Waals surface area contributed by atoms with Crippen LogP contribution in [0.5, 0.6) is 0 Å². The Kier molecular flexibility index (Phi) is 4.69. The van der Waals surface area contributed by atoms with Crippen LogP contribution in [-0.2, 0) is 4.79 Å². The zero-order valence-electron chi connectivity index (χ0n) is 12.3. The van der Waals surface area contributed by atoms with Gasteiger partial charge in [0.2, 0.25) is 5.91 Å². The molecule has 1 aromatic carbocycles. The number of aliphatic hydroxyl groups is 1. The van der Waals surface area contributed by atoms with Crippen molar-refractivity contribution in [1.29, 1.82) is 0 Å². The summed E-state index contributed by atoms with van der Waals surface area (Å²) in [5.74, 6) is 0.675. The summed E-state index contributed by atoms with van der Waals surface area (Å²) in [7, 11) is 0. The minimum Gasteiger partial charge on any atom is -0.396 e. The van der Waals surface area contributed by atoms with E-state index in [1.807, 2.05) is 6.07 Å². The zero-order valence-corrected chi connectivity index (χ0v) is 13.1. The Morgan fingerprint density at radius 3 is 2.82 bits per heavy atom. The van der Waals surface area contributed by atoms with Crippen LogP contribution in [0.4, 0.5) is 5.69 Å². The fraction of sp³-hybridized carbons (Fsp3) is 0.500. The fourth-order valence-electron chi connectivity index (χ4n) is 2.98. The van der Waals surface area contributed by atoms with Gasteiger partial charge in [-0.05, 0) is 49.8 Å². The molecule has 6 heteroatoms. The smallest absolute Gasteiger partial charge is 0.251 e. The molecule has 5 nitrogen and oxygen atoms in total. The number of anilines is 1. The van der Waals surface area contributed by atoms with Gasteiger partial charge in [-0.15, -0.1) is 11.8 Å². The summed E-state index contributed by atoms with van der Waals surface area (Å²) in [6.45, 7) is 0.239. The number of nitrogens with one attached hydrogen (secondary N) is 2. The van der Waals surface area contributed by atoms with Crippen LogP contribution in [0, 0.1) is 5.92 Å². The van der Waals surface area contributed by atoms with Gasteiger partial charge in [0, 0.05) is 23.1 Å². The molecule has 0 saturated heterocycles. The summed E-state index contributed by atoms with van der Waals surface area (Å²) in [6, 6.07) is 5.61. The third-order valence-electron chi connectivity index (χ3n) is 4.31. The molecule has 3 N–H and O–H groups in total. The first-order valence-corrected chi connectivity index (χ1v) is 8.62. The van der Waals surface area contributed by atoms with Crippen molar-refractivity contribution >= 4 is 29.3 Å². The Balaban J connectivity index is 1.63. The Bertz CT molecular complexity index is 583. The molecule has 0 bridgehead atoms. The van der Waals surface area contributed by atoms with Crippen LogP contribution < -0.4 is 10.6 Å². The number of thioether (sulfide) groups is 1. The summed E-state index contributed by atoms with van der Waals surface area (Å²) in [4.78, 5) is 24.8. The average Bonchev–Trinajstić information content (AvgIpc) is 2.54. The van der Waals surface area contributed by atoms with Crippen molar-refractivity contribution in [3.05, 3.63) is 23.8 Å². The molecular weight excluding hydrogens is 300 g/mol. The van der Waals surface area contributed by atoms with Crippen molar-refractivity contribution < 1.29 is 14.7 Å². The number of fused-ring (bicyclic) bond motifs is 1. The number of hydrogen-bond acceptors (Lipinski definition) is 4. The summed E-state index contributed by atoms with van der Waals surface area (Å²) >= 11 is 1.49. The van der Waals surface area contributed by atoms with Crippen molar-refractivity contribution in [3.8, 4) is 0 Å². The van der Waals surface area contributed by atoms with Crippen LogP contribution in [0.3, 0.4) is 0 Å². The minimum absolute atomic E-state index is 0.0302. The molecule has 2 amide bonds. The van der Waals surface area contributed by atoms with E-state index in [9.17, 15) is 9.59 Å². The topological polar surface area (TPSA) is 78.4 Å². The molecule has 1 aliphatic heterocycles. The Labute approximate surface area is 133 Å². The van der Waals surface area contributed by atoms with Crippen molar-refractivity contribution in [2.24, 2.45) is 5.92 Å². The number of rotatable bonds is 3. The van der Waals surface area contributed by atoms with E-state index in [0.717, 1.165) is 36.3 Å². The number of hydrogen-bond donors (Lipinski definition) is 3. The molecule has 1 aromatic rings. The second kappa shape index (κ2) is 6.71. The predicted octanol–water partition coefficient (Wildman–Crippen LogP) is 2.01. The largest absolute Gasteiger partial charge is 0.396 e. The van der Waals surface area contributed by atoms with Gasteiger partial charge in [-0.1, -0.05) is 0 Å². The first-order valence-electron chi connectivity index (χ1n) is 7.64. The molecule has 2 aliphatic rings. The molecule has 118 valence electrons. The molecule has 1 saturated carbocycles. The summed E-state index contributed by atoms with van der Waals surface area (Å²) < 4.78 is 0. The van der Waals surface area contributed by atoms with Crippen molar-refractivity contribution in [3.63, 3.8) is 0 Å². The number of carbonyl (C=O) groups is 2. The standard InChI is InChI=1S/C16H20N2O3S/c19-8-10-1-4-12(5-2-10)17-16(21)11-3-6-14-13(7-11)18-15(20)9-22-14/h3,6-7,10,12,19H,1-2,4-5,8-9H2,(H,17,21)(H,18,20)/t10-,12-. The summed E-state index contributed by atoms with van der Waals surface area (Å²) in [5.41, 5.74) is 1.30. The fourth-order valence-corrected chi connectivity index (χ4v) is 3.77. The number of benzene rings is 1. The lowest BCUT2D eigenvalue weighted by Gasteiger charge is -2.28. The highest BCUT2D eigenvalue weighted by molar-refractivity contribution is 8.00. The highest BCUT2D eigenvalue weighted by atomic mass is 32.2. The van der Waals surface area contributed by atoms with Gasteiger partial charge < -0.3 is 15.7 Å². The van der Waals surface area contributed by atoms with E-state index >= 15 is 0 Å². The molecule has 0 radical (unpaired) electrons. The molecule has 0 atom stereocenters. The monoisotopic (exact) mass is 320 g/mol. The normalized spacial score (nSPS) is 24.3. The third-order valence-corrected chi connectivity index (χ3v) is 5.39. The number of amides is 2. The van der Waals surface area contributed by atoms with E-state index in [4.69, 9.17) is 5.11 Å². The molecule has 1 fully saturated rings. The minimum atomic E-state index is -0.0972. The van der Waals surface area contributed by atoms with Gasteiger partial charge in [-0.2, -0.15) is 0 Å². The van der Waals surface area contributed by atoms with E-state index in [2.05, 4.69) is 10.6 Å².